The highest BCUT2D eigenvalue weighted by Gasteiger charge is 2.41. The summed E-state index contributed by atoms with van der Waals surface area (Å²) in [6.45, 7) is 2.49. The van der Waals surface area contributed by atoms with Crippen molar-refractivity contribution in [2.75, 3.05) is 5.73 Å². The maximum absolute atomic E-state index is 14.1. The number of carbonyl (C=O) groups is 1. The summed E-state index contributed by atoms with van der Waals surface area (Å²) in [4.78, 5) is 27.1. The van der Waals surface area contributed by atoms with Gasteiger partial charge in [0.2, 0.25) is 0 Å². The fraction of sp³-hybridized carbons (Fsp3) is 0.407. The van der Waals surface area contributed by atoms with Crippen LogP contribution in [0.3, 0.4) is 0 Å². The molecule has 1 fully saturated rings. The standard InChI is InChI=1S/C27H28N6O2S/c1-14-23-19(13-35-14)18-10-15(6-9-20(18)30-25(23)28)27(34)33(17-7-8-17)22-5-3-4-21-24(22)36-26(31-21)16-11-29-32(2)12-16/h6,9-12,14,17,22H,3-5,7-8,13H2,1-2H3,(H2,28,30). The SMILES string of the molecule is CC1OCc2c1c(N)nc1ccc(C(=O)N(C3CC3)C3CCCc4nc(-c5cnn(C)c5)sc43)cc21. The molecule has 0 spiro atoms. The lowest BCUT2D eigenvalue weighted by Gasteiger charge is -2.34. The van der Waals surface area contributed by atoms with E-state index in [2.05, 4.69) is 15.0 Å². The fourth-order valence-corrected chi connectivity index (χ4v) is 7.00. The van der Waals surface area contributed by atoms with Crippen LogP contribution in [0, 0.1) is 0 Å². The zero-order valence-corrected chi connectivity index (χ0v) is 21.2. The number of aromatic nitrogens is 4. The van der Waals surface area contributed by atoms with Gasteiger partial charge in [-0.15, -0.1) is 11.3 Å². The number of benzene rings is 1. The lowest BCUT2D eigenvalue weighted by atomic mass is 9.95. The Morgan fingerprint density at radius 1 is 1.25 bits per heavy atom. The van der Waals surface area contributed by atoms with Crippen LogP contribution in [0.5, 0.6) is 0 Å². The molecule has 1 aromatic carbocycles. The number of carbonyl (C=O) groups excluding carboxylic acids is 1. The Morgan fingerprint density at radius 3 is 2.89 bits per heavy atom. The molecule has 2 aliphatic carbocycles. The Kier molecular flexibility index (Phi) is 4.94. The molecule has 4 heterocycles. The quantitative estimate of drug-likeness (QED) is 0.426. The van der Waals surface area contributed by atoms with Crippen LogP contribution in [-0.4, -0.2) is 36.6 Å². The number of rotatable bonds is 4. The third-order valence-corrected chi connectivity index (χ3v) is 8.93. The minimum absolute atomic E-state index is 0.0611. The second kappa shape index (κ2) is 8.11. The maximum Gasteiger partial charge on any atom is 0.254 e. The summed E-state index contributed by atoms with van der Waals surface area (Å²) in [6, 6.07) is 6.16. The molecular weight excluding hydrogens is 472 g/mol. The van der Waals surface area contributed by atoms with Gasteiger partial charge in [0, 0.05) is 41.4 Å². The summed E-state index contributed by atoms with van der Waals surface area (Å²) in [5.41, 5.74) is 11.9. The van der Waals surface area contributed by atoms with E-state index in [4.69, 9.17) is 15.5 Å². The molecule has 184 valence electrons. The molecule has 9 heteroatoms. The van der Waals surface area contributed by atoms with Crippen molar-refractivity contribution in [3.05, 3.63) is 57.9 Å². The van der Waals surface area contributed by atoms with E-state index >= 15 is 0 Å². The van der Waals surface area contributed by atoms with Crippen molar-refractivity contribution in [2.24, 2.45) is 7.05 Å². The summed E-state index contributed by atoms with van der Waals surface area (Å²) in [5, 5.41) is 6.27. The molecule has 2 atom stereocenters. The molecule has 1 aliphatic heterocycles. The van der Waals surface area contributed by atoms with Crippen LogP contribution in [0.25, 0.3) is 21.5 Å². The van der Waals surface area contributed by atoms with E-state index in [1.54, 1.807) is 16.0 Å². The van der Waals surface area contributed by atoms with Gasteiger partial charge < -0.3 is 15.4 Å². The highest BCUT2D eigenvalue weighted by atomic mass is 32.1. The van der Waals surface area contributed by atoms with Gasteiger partial charge in [-0.05, 0) is 62.8 Å². The fourth-order valence-electron chi connectivity index (χ4n) is 5.78. The van der Waals surface area contributed by atoms with E-state index in [0.29, 0.717) is 18.0 Å². The monoisotopic (exact) mass is 500 g/mol. The number of nitrogen functional groups attached to an aromatic ring is 1. The molecule has 0 bridgehead atoms. The van der Waals surface area contributed by atoms with Crippen molar-refractivity contribution in [3.63, 3.8) is 0 Å². The molecular formula is C27H28N6O2S. The van der Waals surface area contributed by atoms with E-state index in [9.17, 15) is 4.79 Å². The third-order valence-electron chi connectivity index (χ3n) is 7.68. The highest BCUT2D eigenvalue weighted by molar-refractivity contribution is 7.15. The summed E-state index contributed by atoms with van der Waals surface area (Å²) >= 11 is 1.72. The number of nitrogens with two attached hydrogens (primary N) is 1. The van der Waals surface area contributed by atoms with Gasteiger partial charge in [0.25, 0.3) is 5.91 Å². The number of pyridine rings is 1. The first kappa shape index (κ1) is 21.9. The summed E-state index contributed by atoms with van der Waals surface area (Å²) in [6.07, 6.45) is 8.85. The van der Waals surface area contributed by atoms with Crippen LogP contribution in [0.15, 0.2) is 30.6 Å². The molecule has 8 nitrogen and oxygen atoms in total. The van der Waals surface area contributed by atoms with E-state index in [1.807, 2.05) is 44.6 Å². The number of ether oxygens (including phenoxy) is 1. The largest absolute Gasteiger partial charge is 0.383 e. The summed E-state index contributed by atoms with van der Waals surface area (Å²) in [7, 11) is 1.92. The first-order valence-electron chi connectivity index (χ1n) is 12.6. The third kappa shape index (κ3) is 3.44. The number of thiazole rings is 1. The van der Waals surface area contributed by atoms with E-state index in [0.717, 1.165) is 70.4 Å². The number of hydrogen-bond acceptors (Lipinski definition) is 7. The number of amides is 1. The second-order valence-electron chi connectivity index (χ2n) is 10.2. The topological polar surface area (TPSA) is 99.2 Å². The van der Waals surface area contributed by atoms with Crippen LogP contribution in [0.2, 0.25) is 0 Å². The van der Waals surface area contributed by atoms with Crippen LogP contribution in [0.4, 0.5) is 5.82 Å². The lowest BCUT2D eigenvalue weighted by Crippen LogP contribution is -2.38. The number of aryl methyl sites for hydroxylation is 2. The molecule has 1 amide bonds. The predicted molar refractivity (Wildman–Crippen MR) is 139 cm³/mol. The molecule has 7 rings (SSSR count). The van der Waals surface area contributed by atoms with Crippen molar-refractivity contribution >= 4 is 34.0 Å². The molecule has 2 N–H and O–H groups in total. The zero-order valence-electron chi connectivity index (χ0n) is 20.4. The van der Waals surface area contributed by atoms with Crippen molar-refractivity contribution in [1.29, 1.82) is 0 Å². The summed E-state index contributed by atoms with van der Waals surface area (Å²) in [5.74, 6) is 0.608. The van der Waals surface area contributed by atoms with Gasteiger partial charge >= 0.3 is 0 Å². The average Bonchev–Trinajstić information content (AvgIpc) is 3.24. The number of anilines is 1. The molecule has 36 heavy (non-hydrogen) atoms. The minimum Gasteiger partial charge on any atom is -0.383 e. The Bertz CT molecular complexity index is 1520. The molecule has 3 aromatic heterocycles. The van der Waals surface area contributed by atoms with Crippen LogP contribution in [-0.2, 0) is 24.8 Å². The van der Waals surface area contributed by atoms with E-state index in [-0.39, 0.29) is 24.1 Å². The van der Waals surface area contributed by atoms with Crippen LogP contribution < -0.4 is 5.73 Å². The smallest absolute Gasteiger partial charge is 0.254 e. The van der Waals surface area contributed by atoms with Gasteiger partial charge in [-0.2, -0.15) is 5.10 Å². The highest BCUT2D eigenvalue weighted by Crippen LogP contribution is 2.46. The number of hydrogen-bond donors (Lipinski definition) is 1. The average molecular weight is 501 g/mol. The molecule has 2 unspecified atom stereocenters. The van der Waals surface area contributed by atoms with Gasteiger partial charge in [0.15, 0.2) is 0 Å². The predicted octanol–water partition coefficient (Wildman–Crippen LogP) is 4.95. The first-order chi connectivity index (χ1) is 17.5. The Morgan fingerprint density at radius 2 is 2.11 bits per heavy atom. The molecule has 0 radical (unpaired) electrons. The van der Waals surface area contributed by atoms with Crippen molar-refractivity contribution < 1.29 is 9.53 Å². The Hall–Kier alpha value is -3.30. The summed E-state index contributed by atoms with van der Waals surface area (Å²) < 4.78 is 7.66. The van der Waals surface area contributed by atoms with Gasteiger partial charge in [-0.25, -0.2) is 9.97 Å². The molecule has 3 aliphatic rings. The number of fused-ring (bicyclic) bond motifs is 4. The Balaban J connectivity index is 1.28. The zero-order chi connectivity index (χ0) is 24.6. The molecule has 1 saturated carbocycles. The number of nitrogens with zero attached hydrogens (tertiary/aromatic N) is 5. The maximum atomic E-state index is 14.1. The molecule has 0 saturated heterocycles. The van der Waals surface area contributed by atoms with Crippen molar-refractivity contribution in [3.8, 4) is 10.6 Å². The minimum atomic E-state index is -0.0831. The molecule has 4 aromatic rings. The lowest BCUT2D eigenvalue weighted by molar-refractivity contribution is 0.0641. The van der Waals surface area contributed by atoms with E-state index < -0.39 is 0 Å². The van der Waals surface area contributed by atoms with Crippen LogP contribution in [0.1, 0.15) is 76.8 Å². The van der Waals surface area contributed by atoms with Gasteiger partial charge in [0.1, 0.15) is 10.8 Å². The van der Waals surface area contributed by atoms with Crippen molar-refractivity contribution in [2.45, 2.75) is 63.8 Å². The normalized spacial score (nSPS) is 20.9. The van der Waals surface area contributed by atoms with Gasteiger partial charge in [-0.3, -0.25) is 9.48 Å². The first-order valence-corrected chi connectivity index (χ1v) is 13.4. The van der Waals surface area contributed by atoms with Gasteiger partial charge in [-0.1, -0.05) is 0 Å². The second-order valence-corrected chi connectivity index (χ2v) is 11.2. The van der Waals surface area contributed by atoms with Crippen molar-refractivity contribution in [1.82, 2.24) is 24.6 Å². The van der Waals surface area contributed by atoms with Crippen LogP contribution >= 0.6 is 11.3 Å². The van der Waals surface area contributed by atoms with E-state index in [1.165, 1.54) is 4.88 Å². The van der Waals surface area contributed by atoms with Gasteiger partial charge in [0.05, 0.1) is 41.0 Å². The Labute approximate surface area is 213 Å².